The van der Waals surface area contributed by atoms with Crippen LogP contribution in [0, 0.1) is 11.7 Å². The fourth-order valence-corrected chi connectivity index (χ4v) is 6.17. The number of pyridine rings is 2. The van der Waals surface area contributed by atoms with Gasteiger partial charge in [0, 0.05) is 36.1 Å². The monoisotopic (exact) mass is 523 g/mol. The van der Waals surface area contributed by atoms with Crippen molar-refractivity contribution in [2.45, 2.75) is 32.2 Å². The van der Waals surface area contributed by atoms with Gasteiger partial charge in [0.25, 0.3) is 0 Å². The highest BCUT2D eigenvalue weighted by Gasteiger charge is 2.19. The van der Waals surface area contributed by atoms with Gasteiger partial charge >= 0.3 is 0 Å². The molecule has 7 rings (SSSR count). The van der Waals surface area contributed by atoms with Gasteiger partial charge in [-0.25, -0.2) is 9.37 Å². The van der Waals surface area contributed by atoms with Gasteiger partial charge in [0.15, 0.2) is 11.6 Å². The van der Waals surface area contributed by atoms with Crippen LogP contribution in [0.3, 0.4) is 0 Å². The number of hydrogen-bond donors (Lipinski definition) is 3. The third kappa shape index (κ3) is 4.27. The van der Waals surface area contributed by atoms with E-state index in [1.54, 1.807) is 23.7 Å². The molecule has 0 spiro atoms. The summed E-state index contributed by atoms with van der Waals surface area (Å²) in [6, 6.07) is 11.5. The lowest BCUT2D eigenvalue weighted by Crippen LogP contribution is -2.20. The van der Waals surface area contributed by atoms with E-state index in [4.69, 9.17) is 4.98 Å². The fourth-order valence-electron chi connectivity index (χ4n) is 5.45. The van der Waals surface area contributed by atoms with Crippen molar-refractivity contribution in [3.8, 4) is 33.2 Å². The molecule has 6 aromatic rings. The molecule has 0 unspecified atom stereocenters. The number of nitrogens with one attached hydrogen (secondary N) is 3. The minimum Gasteiger partial charge on any atom is -0.337 e. The Morgan fingerprint density at radius 1 is 1.05 bits per heavy atom. The topological polar surface area (TPSA) is 95.2 Å². The van der Waals surface area contributed by atoms with Crippen LogP contribution >= 0.6 is 11.3 Å². The quantitative estimate of drug-likeness (QED) is 0.216. The van der Waals surface area contributed by atoms with E-state index in [-0.39, 0.29) is 11.3 Å². The summed E-state index contributed by atoms with van der Waals surface area (Å²) in [4.78, 5) is 18.3. The van der Waals surface area contributed by atoms with Gasteiger partial charge < -0.3 is 10.3 Å². The van der Waals surface area contributed by atoms with E-state index in [1.165, 1.54) is 31.7 Å². The Morgan fingerprint density at radius 2 is 1.97 bits per heavy atom. The van der Waals surface area contributed by atoms with Gasteiger partial charge in [0.05, 0.1) is 10.4 Å². The zero-order chi connectivity index (χ0) is 25.5. The molecule has 1 aromatic carbocycles. The molecule has 9 heteroatoms. The largest absolute Gasteiger partial charge is 0.337 e. The van der Waals surface area contributed by atoms with Gasteiger partial charge in [-0.15, -0.1) is 11.3 Å². The van der Waals surface area contributed by atoms with Gasteiger partial charge in [-0.2, -0.15) is 5.10 Å². The predicted molar refractivity (Wildman–Crippen MR) is 149 cm³/mol. The maximum Gasteiger partial charge on any atom is 0.157 e. The van der Waals surface area contributed by atoms with Crippen molar-refractivity contribution in [2.75, 3.05) is 6.54 Å². The molecule has 0 aliphatic heterocycles. The third-order valence-electron chi connectivity index (χ3n) is 7.37. The zero-order valence-corrected chi connectivity index (χ0v) is 21.5. The van der Waals surface area contributed by atoms with Crippen LogP contribution in [0.25, 0.3) is 55.2 Å². The first-order valence-electron chi connectivity index (χ1n) is 12.9. The van der Waals surface area contributed by atoms with Gasteiger partial charge in [0.2, 0.25) is 0 Å². The number of benzene rings is 1. The first-order valence-corrected chi connectivity index (χ1v) is 13.8. The van der Waals surface area contributed by atoms with Crippen LogP contribution in [0.2, 0.25) is 0 Å². The molecule has 0 saturated heterocycles. The number of fused-ring (bicyclic) bond motifs is 2. The lowest BCUT2D eigenvalue weighted by molar-refractivity contribution is 0.489. The van der Waals surface area contributed by atoms with Crippen LogP contribution < -0.4 is 5.32 Å². The summed E-state index contributed by atoms with van der Waals surface area (Å²) in [5.74, 6) is 0.979. The van der Waals surface area contributed by atoms with Crippen molar-refractivity contribution < 1.29 is 4.39 Å². The maximum atomic E-state index is 15.2. The molecule has 38 heavy (non-hydrogen) atoms. The summed E-state index contributed by atoms with van der Waals surface area (Å²) < 4.78 is 15.2. The summed E-state index contributed by atoms with van der Waals surface area (Å²) in [7, 11) is 0. The van der Waals surface area contributed by atoms with Crippen LogP contribution in [0.1, 0.15) is 31.2 Å². The van der Waals surface area contributed by atoms with Gasteiger partial charge in [-0.3, -0.25) is 15.1 Å². The average Bonchev–Trinajstić information content (AvgIpc) is 3.75. The molecule has 7 nitrogen and oxygen atoms in total. The second-order valence-corrected chi connectivity index (χ2v) is 10.9. The minimum absolute atomic E-state index is 0.281. The molecule has 190 valence electrons. The zero-order valence-electron chi connectivity index (χ0n) is 20.7. The van der Waals surface area contributed by atoms with Crippen molar-refractivity contribution in [2.24, 2.45) is 5.92 Å². The number of aromatic nitrogens is 6. The summed E-state index contributed by atoms with van der Waals surface area (Å²) in [5, 5.41) is 13.5. The molecule has 0 atom stereocenters. The molecule has 1 aliphatic carbocycles. The van der Waals surface area contributed by atoms with E-state index in [9.17, 15) is 0 Å². The Labute approximate surface area is 222 Å². The number of rotatable bonds is 7. The van der Waals surface area contributed by atoms with E-state index < -0.39 is 0 Å². The number of imidazole rings is 1. The van der Waals surface area contributed by atoms with Crippen molar-refractivity contribution in [3.05, 3.63) is 71.7 Å². The van der Waals surface area contributed by atoms with Gasteiger partial charge in [-0.1, -0.05) is 18.9 Å². The Morgan fingerprint density at radius 3 is 2.84 bits per heavy atom. The fraction of sp³-hybridized carbons (Fsp3) is 0.241. The van der Waals surface area contributed by atoms with E-state index in [2.05, 4.69) is 36.5 Å². The van der Waals surface area contributed by atoms with E-state index >= 15 is 4.39 Å². The third-order valence-corrected chi connectivity index (χ3v) is 8.25. The van der Waals surface area contributed by atoms with Crippen molar-refractivity contribution >= 4 is 33.3 Å². The normalized spacial score (nSPS) is 14.2. The lowest BCUT2D eigenvalue weighted by atomic mass is 10.0. The lowest BCUT2D eigenvalue weighted by Gasteiger charge is -2.11. The maximum absolute atomic E-state index is 15.2. The first-order chi connectivity index (χ1) is 18.7. The van der Waals surface area contributed by atoms with Crippen LogP contribution in [0.15, 0.2) is 60.4 Å². The highest BCUT2D eigenvalue weighted by Crippen LogP contribution is 2.34. The molecule has 0 amide bonds. The molecule has 5 heterocycles. The SMILES string of the molecule is Fc1cc(-c2cncc(CNCC3CCCC3)c2)cc2c(-c3nc4c(-c5cccs5)nccc4[nH]3)[nH]nc12. The van der Waals surface area contributed by atoms with Crippen LogP contribution in [-0.2, 0) is 6.54 Å². The molecular formula is C29H26FN7S. The summed E-state index contributed by atoms with van der Waals surface area (Å²) in [6.07, 6.45) is 10.7. The van der Waals surface area contributed by atoms with Crippen LogP contribution in [-0.4, -0.2) is 36.7 Å². The Bertz CT molecular complexity index is 1730. The Balaban J connectivity index is 1.23. The molecule has 5 aromatic heterocycles. The van der Waals surface area contributed by atoms with E-state index in [0.29, 0.717) is 16.9 Å². The molecule has 0 radical (unpaired) electrons. The summed E-state index contributed by atoms with van der Waals surface area (Å²) >= 11 is 1.62. The van der Waals surface area contributed by atoms with Crippen LogP contribution in [0.4, 0.5) is 4.39 Å². The highest BCUT2D eigenvalue weighted by atomic mass is 32.1. The molecule has 3 N–H and O–H groups in total. The standard InChI is InChI=1S/C29H26FN7S/c30-22-12-19(20-10-18(15-32-16-20)14-31-13-17-4-1-2-5-17)11-21-25(22)36-37-26(21)29-34-23-7-8-33-28(27(23)35-29)24-6-3-9-38-24/h3,6-12,15-17,31H,1-2,4-5,13-14H2,(H,34,35)(H,36,37). The molecule has 0 bridgehead atoms. The summed E-state index contributed by atoms with van der Waals surface area (Å²) in [5.41, 5.74) is 6.07. The van der Waals surface area contributed by atoms with Crippen molar-refractivity contribution in [1.82, 2.24) is 35.5 Å². The molecule has 1 aliphatic rings. The summed E-state index contributed by atoms with van der Waals surface area (Å²) in [6.45, 7) is 1.78. The number of halogens is 1. The van der Waals surface area contributed by atoms with Gasteiger partial charge in [-0.05, 0) is 72.1 Å². The Hall–Kier alpha value is -3.95. The number of hydrogen-bond acceptors (Lipinski definition) is 6. The number of thiophene rings is 1. The molecular weight excluding hydrogens is 497 g/mol. The second-order valence-electron chi connectivity index (χ2n) is 9.93. The van der Waals surface area contributed by atoms with Crippen LogP contribution in [0.5, 0.6) is 0 Å². The second kappa shape index (κ2) is 9.74. The number of aromatic amines is 2. The van der Waals surface area contributed by atoms with Gasteiger partial charge in [0.1, 0.15) is 22.4 Å². The number of H-pyrrole nitrogens is 2. The molecule has 1 saturated carbocycles. The first kappa shape index (κ1) is 23.2. The minimum atomic E-state index is -0.387. The Kier molecular flexibility index (Phi) is 5.94. The van der Waals surface area contributed by atoms with Crippen molar-refractivity contribution in [3.63, 3.8) is 0 Å². The number of nitrogens with zero attached hydrogens (tertiary/aromatic N) is 4. The highest BCUT2D eigenvalue weighted by molar-refractivity contribution is 7.13. The smallest absolute Gasteiger partial charge is 0.157 e. The van der Waals surface area contributed by atoms with Crippen molar-refractivity contribution in [1.29, 1.82) is 0 Å². The van der Waals surface area contributed by atoms with E-state index in [0.717, 1.165) is 57.3 Å². The van der Waals surface area contributed by atoms with E-state index in [1.807, 2.05) is 35.8 Å². The average molecular weight is 524 g/mol. The predicted octanol–water partition coefficient (Wildman–Crippen LogP) is 6.71. The molecule has 1 fully saturated rings.